The molecule has 0 fully saturated rings. The number of carbonyl (C=O) groups is 1. The highest BCUT2D eigenvalue weighted by Crippen LogP contribution is 2.55. The van der Waals surface area contributed by atoms with E-state index in [4.69, 9.17) is 0 Å². The van der Waals surface area contributed by atoms with Gasteiger partial charge < -0.3 is 9.30 Å². The van der Waals surface area contributed by atoms with E-state index in [1.165, 1.54) is 7.11 Å². The van der Waals surface area contributed by atoms with Crippen molar-refractivity contribution in [1.82, 2.24) is 0 Å². The Bertz CT molecular complexity index is 254. The predicted octanol–water partition coefficient (Wildman–Crippen LogP) is 1.44. The van der Waals surface area contributed by atoms with Crippen molar-refractivity contribution in [3.8, 4) is 0 Å². The lowest BCUT2D eigenvalue weighted by Gasteiger charge is -2.06. The Hall–Kier alpha value is -0.560. The zero-order chi connectivity index (χ0) is 8.48. The van der Waals surface area contributed by atoms with E-state index in [2.05, 4.69) is 4.74 Å². The van der Waals surface area contributed by atoms with Crippen molar-refractivity contribution < 1.29 is 14.1 Å². The van der Waals surface area contributed by atoms with Gasteiger partial charge in [-0.1, -0.05) is 6.08 Å². The van der Waals surface area contributed by atoms with E-state index in [0.29, 0.717) is 11.5 Å². The average Bonchev–Trinajstić information content (AvgIpc) is 2.28. The molecule has 0 radical (unpaired) electrons. The SMILES string of the molecule is COC(=O)C1=CCCP1(C)=O. The minimum absolute atomic E-state index is 0.389. The smallest absolute Gasteiger partial charge is 0.341 e. The number of esters is 1. The number of ether oxygens (including phenoxy) is 1. The number of hydrogen-bond acceptors (Lipinski definition) is 3. The fraction of sp³-hybridized carbons (Fsp3) is 0.571. The van der Waals surface area contributed by atoms with Crippen molar-refractivity contribution in [3.05, 3.63) is 11.4 Å². The van der Waals surface area contributed by atoms with E-state index in [-0.39, 0.29) is 0 Å². The Morgan fingerprint density at radius 1 is 1.73 bits per heavy atom. The van der Waals surface area contributed by atoms with Crippen molar-refractivity contribution in [3.63, 3.8) is 0 Å². The van der Waals surface area contributed by atoms with E-state index in [1.54, 1.807) is 12.7 Å². The summed E-state index contributed by atoms with van der Waals surface area (Å²) in [5, 5.41) is 0.389. The zero-order valence-corrected chi connectivity index (χ0v) is 7.56. The summed E-state index contributed by atoms with van der Waals surface area (Å²) in [6.45, 7) is 1.63. The van der Waals surface area contributed by atoms with Gasteiger partial charge in [-0.3, -0.25) is 0 Å². The molecule has 1 atom stereocenters. The molecule has 0 saturated carbocycles. The number of hydrogen-bond donors (Lipinski definition) is 0. The van der Waals surface area contributed by atoms with E-state index in [9.17, 15) is 9.36 Å². The lowest BCUT2D eigenvalue weighted by molar-refractivity contribution is -0.135. The first kappa shape index (κ1) is 8.54. The van der Waals surface area contributed by atoms with Crippen LogP contribution in [0.15, 0.2) is 11.4 Å². The number of allylic oxidation sites excluding steroid dienone is 1. The molecule has 0 saturated heterocycles. The summed E-state index contributed by atoms with van der Waals surface area (Å²) < 4.78 is 16.1. The van der Waals surface area contributed by atoms with Crippen LogP contribution in [0.3, 0.4) is 0 Å². The number of carbonyl (C=O) groups excluding carboxylic acids is 1. The summed E-state index contributed by atoms with van der Waals surface area (Å²) in [4.78, 5) is 11.0. The van der Waals surface area contributed by atoms with Gasteiger partial charge in [-0.05, 0) is 13.1 Å². The Labute approximate surface area is 65.8 Å². The highest BCUT2D eigenvalue weighted by Gasteiger charge is 2.31. The van der Waals surface area contributed by atoms with Gasteiger partial charge in [-0.2, -0.15) is 0 Å². The largest absolute Gasteiger partial charge is 0.465 e. The minimum atomic E-state index is -2.34. The number of methoxy groups -OCH3 is 1. The molecule has 62 valence electrons. The molecule has 1 heterocycles. The fourth-order valence-corrected chi connectivity index (χ4v) is 3.00. The van der Waals surface area contributed by atoms with Crippen molar-refractivity contribution in [2.75, 3.05) is 19.9 Å². The maximum atomic E-state index is 11.6. The molecule has 1 rings (SSSR count). The average molecular weight is 174 g/mol. The first-order valence-corrected chi connectivity index (χ1v) is 5.77. The van der Waals surface area contributed by atoms with Gasteiger partial charge in [0.2, 0.25) is 0 Å². The summed E-state index contributed by atoms with van der Waals surface area (Å²) in [7, 11) is -1.03. The monoisotopic (exact) mass is 174 g/mol. The lowest BCUT2D eigenvalue weighted by atomic mass is 10.4. The van der Waals surface area contributed by atoms with Crippen LogP contribution in [-0.2, 0) is 14.1 Å². The third-order valence-corrected chi connectivity index (χ3v) is 4.29. The maximum absolute atomic E-state index is 11.6. The molecule has 1 aliphatic rings. The third kappa shape index (κ3) is 1.54. The summed E-state index contributed by atoms with van der Waals surface area (Å²) in [5.41, 5.74) is 0. The van der Waals surface area contributed by atoms with Gasteiger partial charge in [0.15, 0.2) is 0 Å². The van der Waals surface area contributed by atoms with Crippen LogP contribution >= 0.6 is 7.14 Å². The molecular weight excluding hydrogens is 163 g/mol. The van der Waals surface area contributed by atoms with Gasteiger partial charge in [0.25, 0.3) is 0 Å². The van der Waals surface area contributed by atoms with Crippen LogP contribution < -0.4 is 0 Å². The third-order valence-electron chi connectivity index (χ3n) is 1.80. The van der Waals surface area contributed by atoms with E-state index in [0.717, 1.165) is 6.42 Å². The van der Waals surface area contributed by atoms with Crippen LogP contribution in [0.2, 0.25) is 0 Å². The molecule has 0 amide bonds. The molecule has 0 spiro atoms. The fourth-order valence-electron chi connectivity index (χ4n) is 1.14. The molecular formula is C7H11O3P. The van der Waals surface area contributed by atoms with E-state index < -0.39 is 13.1 Å². The molecule has 0 aromatic carbocycles. The van der Waals surface area contributed by atoms with Crippen molar-refractivity contribution in [1.29, 1.82) is 0 Å². The van der Waals surface area contributed by atoms with Crippen LogP contribution in [0.4, 0.5) is 0 Å². The second-order valence-electron chi connectivity index (χ2n) is 2.69. The first-order valence-electron chi connectivity index (χ1n) is 3.43. The zero-order valence-electron chi connectivity index (χ0n) is 6.66. The van der Waals surface area contributed by atoms with Crippen molar-refractivity contribution in [2.24, 2.45) is 0 Å². The molecule has 11 heavy (non-hydrogen) atoms. The highest BCUT2D eigenvalue weighted by molar-refractivity contribution is 7.69. The van der Waals surface area contributed by atoms with Crippen LogP contribution in [0.1, 0.15) is 6.42 Å². The Morgan fingerprint density at radius 2 is 2.36 bits per heavy atom. The molecule has 1 aliphatic heterocycles. The Balaban J connectivity index is 2.88. The van der Waals surface area contributed by atoms with E-state index in [1.807, 2.05) is 0 Å². The van der Waals surface area contributed by atoms with Crippen molar-refractivity contribution >= 4 is 13.1 Å². The van der Waals surface area contributed by atoms with Crippen LogP contribution in [0.25, 0.3) is 0 Å². The Morgan fingerprint density at radius 3 is 2.73 bits per heavy atom. The second-order valence-corrected chi connectivity index (χ2v) is 5.82. The predicted molar refractivity (Wildman–Crippen MR) is 43.1 cm³/mol. The molecule has 1 unspecified atom stereocenters. The second kappa shape index (κ2) is 2.82. The summed E-state index contributed by atoms with van der Waals surface area (Å²) in [6, 6.07) is 0. The summed E-state index contributed by atoms with van der Waals surface area (Å²) >= 11 is 0. The normalized spacial score (nSPS) is 29.8. The standard InChI is InChI=1S/C7H11O3P/c1-10-7(8)6-4-3-5-11(6,2)9/h4H,3,5H2,1-2H3. The van der Waals surface area contributed by atoms with Crippen LogP contribution in [0.5, 0.6) is 0 Å². The quantitative estimate of drug-likeness (QED) is 0.446. The topological polar surface area (TPSA) is 43.4 Å². The van der Waals surface area contributed by atoms with Gasteiger partial charge in [0, 0.05) is 6.16 Å². The maximum Gasteiger partial charge on any atom is 0.341 e. The summed E-state index contributed by atoms with van der Waals surface area (Å²) in [6.07, 6.45) is 3.06. The first-order chi connectivity index (χ1) is 5.08. The van der Waals surface area contributed by atoms with Gasteiger partial charge in [-0.15, -0.1) is 0 Å². The van der Waals surface area contributed by atoms with E-state index >= 15 is 0 Å². The minimum Gasteiger partial charge on any atom is -0.465 e. The molecule has 0 N–H and O–H groups in total. The van der Waals surface area contributed by atoms with Gasteiger partial charge in [-0.25, -0.2) is 4.79 Å². The molecule has 4 heteroatoms. The van der Waals surface area contributed by atoms with Gasteiger partial charge >= 0.3 is 5.97 Å². The lowest BCUT2D eigenvalue weighted by Crippen LogP contribution is -2.02. The molecule has 0 aliphatic carbocycles. The van der Waals surface area contributed by atoms with Crippen molar-refractivity contribution in [2.45, 2.75) is 6.42 Å². The van der Waals surface area contributed by atoms with Crippen LogP contribution in [-0.4, -0.2) is 25.9 Å². The highest BCUT2D eigenvalue weighted by atomic mass is 31.2. The molecule has 0 aromatic rings. The summed E-state index contributed by atoms with van der Waals surface area (Å²) in [5.74, 6) is -0.437. The Kier molecular flexibility index (Phi) is 2.19. The van der Waals surface area contributed by atoms with Gasteiger partial charge in [0.05, 0.1) is 12.4 Å². The van der Waals surface area contributed by atoms with Gasteiger partial charge in [0.1, 0.15) is 7.14 Å². The molecule has 3 nitrogen and oxygen atoms in total. The molecule has 0 aromatic heterocycles. The number of rotatable bonds is 1. The molecule has 0 bridgehead atoms. The van der Waals surface area contributed by atoms with Crippen LogP contribution in [0, 0.1) is 0 Å².